The Kier molecular flexibility index (Phi) is 6.68. The highest BCUT2D eigenvalue weighted by Crippen LogP contribution is 2.27. The van der Waals surface area contributed by atoms with Gasteiger partial charge in [0.25, 0.3) is 0 Å². The number of nitrogens with zero attached hydrogens (tertiary/aromatic N) is 3. The molecule has 0 amide bonds. The minimum Gasteiger partial charge on any atom is -0.382 e. The Bertz CT molecular complexity index is 843. The molecule has 1 fully saturated rings. The first-order chi connectivity index (χ1) is 13.5. The first-order valence-corrected chi connectivity index (χ1v) is 10.4. The third kappa shape index (κ3) is 4.71. The maximum Gasteiger partial charge on any atom is 0.144 e. The summed E-state index contributed by atoms with van der Waals surface area (Å²) in [6.07, 6.45) is 3.88. The van der Waals surface area contributed by atoms with Crippen LogP contribution in [0.4, 0.5) is 5.69 Å². The summed E-state index contributed by atoms with van der Waals surface area (Å²) in [4.78, 5) is 9.12. The molecule has 5 nitrogen and oxygen atoms in total. The van der Waals surface area contributed by atoms with Crippen LogP contribution in [0.3, 0.4) is 0 Å². The van der Waals surface area contributed by atoms with Gasteiger partial charge in [-0.05, 0) is 68.9 Å². The van der Waals surface area contributed by atoms with E-state index in [1.54, 1.807) is 0 Å². The number of hydrogen-bond donors (Lipinski definition) is 2. The molecule has 1 aromatic carbocycles. The maximum atomic E-state index is 6.11. The highest BCUT2D eigenvalue weighted by Gasteiger charge is 2.21. The van der Waals surface area contributed by atoms with Crippen LogP contribution < -0.4 is 11.2 Å². The van der Waals surface area contributed by atoms with E-state index in [4.69, 9.17) is 10.7 Å². The SMILES string of the molecule is CCCC1CCN(Nc2ccc(-c3ccc(C)c(C(N)=NCC)n3)c(C)c2)C1. The summed E-state index contributed by atoms with van der Waals surface area (Å²) in [6, 6.07) is 10.6. The highest BCUT2D eigenvalue weighted by molar-refractivity contribution is 5.97. The van der Waals surface area contributed by atoms with Gasteiger partial charge in [-0.1, -0.05) is 25.5 Å². The van der Waals surface area contributed by atoms with Crippen LogP contribution in [-0.2, 0) is 0 Å². The van der Waals surface area contributed by atoms with Crippen LogP contribution in [0.25, 0.3) is 11.3 Å². The van der Waals surface area contributed by atoms with Crippen LogP contribution in [0.5, 0.6) is 0 Å². The lowest BCUT2D eigenvalue weighted by Crippen LogP contribution is -2.27. The van der Waals surface area contributed by atoms with Crippen molar-refractivity contribution in [3.63, 3.8) is 0 Å². The molecule has 1 aliphatic rings. The Labute approximate surface area is 169 Å². The molecule has 3 N–H and O–H groups in total. The van der Waals surface area contributed by atoms with Crippen LogP contribution in [0.2, 0.25) is 0 Å². The zero-order valence-electron chi connectivity index (χ0n) is 17.6. The number of nitrogens with one attached hydrogen (secondary N) is 1. The van der Waals surface area contributed by atoms with Gasteiger partial charge < -0.3 is 11.2 Å². The molecular weight excluding hydrogens is 346 g/mol. The fraction of sp³-hybridized carbons (Fsp3) is 0.478. The average Bonchev–Trinajstić information content (AvgIpc) is 3.10. The lowest BCUT2D eigenvalue weighted by Gasteiger charge is -2.20. The third-order valence-electron chi connectivity index (χ3n) is 5.44. The van der Waals surface area contributed by atoms with Gasteiger partial charge in [0.1, 0.15) is 11.5 Å². The van der Waals surface area contributed by atoms with Crippen molar-refractivity contribution < 1.29 is 0 Å². The summed E-state index contributed by atoms with van der Waals surface area (Å²) in [5, 5.41) is 2.35. The standard InChI is InChI=1S/C23H33N5/c1-5-7-18-12-13-28(15-18)27-19-9-10-20(17(4)14-19)21-11-8-16(3)22(26-21)23(24)25-6-2/h8-11,14,18,27H,5-7,12-13,15H2,1-4H3,(H2,24,25). The summed E-state index contributed by atoms with van der Waals surface area (Å²) in [5.74, 6) is 1.33. The van der Waals surface area contributed by atoms with Gasteiger partial charge in [-0.25, -0.2) is 9.99 Å². The van der Waals surface area contributed by atoms with Crippen molar-refractivity contribution in [1.29, 1.82) is 0 Å². The molecular formula is C23H33N5. The van der Waals surface area contributed by atoms with E-state index in [2.05, 4.69) is 59.6 Å². The predicted octanol–water partition coefficient (Wildman–Crippen LogP) is 4.54. The molecule has 1 aliphatic heterocycles. The zero-order chi connectivity index (χ0) is 20.1. The summed E-state index contributed by atoms with van der Waals surface area (Å²) >= 11 is 0. The van der Waals surface area contributed by atoms with E-state index in [9.17, 15) is 0 Å². The van der Waals surface area contributed by atoms with E-state index in [1.807, 2.05) is 13.8 Å². The summed E-state index contributed by atoms with van der Waals surface area (Å²) < 4.78 is 0. The Morgan fingerprint density at radius 2 is 2.04 bits per heavy atom. The lowest BCUT2D eigenvalue weighted by atomic mass is 10.0. The molecule has 28 heavy (non-hydrogen) atoms. The van der Waals surface area contributed by atoms with E-state index in [0.717, 1.165) is 47.2 Å². The largest absolute Gasteiger partial charge is 0.382 e. The van der Waals surface area contributed by atoms with Crippen LogP contribution in [0, 0.1) is 19.8 Å². The maximum absolute atomic E-state index is 6.11. The lowest BCUT2D eigenvalue weighted by molar-refractivity contribution is 0.381. The molecule has 0 spiro atoms. The fourth-order valence-electron chi connectivity index (χ4n) is 3.96. The Balaban J connectivity index is 1.78. The molecule has 150 valence electrons. The fourth-order valence-corrected chi connectivity index (χ4v) is 3.96. The molecule has 2 heterocycles. The summed E-state index contributed by atoms with van der Waals surface area (Å²) in [5.41, 5.74) is 15.9. The molecule has 0 aliphatic carbocycles. The van der Waals surface area contributed by atoms with E-state index in [0.29, 0.717) is 12.4 Å². The topological polar surface area (TPSA) is 66.5 Å². The quantitative estimate of drug-likeness (QED) is 0.547. The molecule has 1 atom stereocenters. The van der Waals surface area contributed by atoms with Crippen molar-refractivity contribution in [2.45, 2.75) is 47.0 Å². The van der Waals surface area contributed by atoms with Crippen molar-refractivity contribution in [2.75, 3.05) is 25.1 Å². The normalized spacial score (nSPS) is 17.9. The molecule has 0 bridgehead atoms. The van der Waals surface area contributed by atoms with Gasteiger partial charge in [-0.3, -0.25) is 4.99 Å². The summed E-state index contributed by atoms with van der Waals surface area (Å²) in [7, 11) is 0. The van der Waals surface area contributed by atoms with Gasteiger partial charge in [0, 0.05) is 30.9 Å². The minimum atomic E-state index is 0.508. The van der Waals surface area contributed by atoms with Gasteiger partial charge >= 0.3 is 0 Å². The molecule has 1 saturated heterocycles. The van der Waals surface area contributed by atoms with Crippen molar-refractivity contribution in [1.82, 2.24) is 9.99 Å². The first kappa shape index (κ1) is 20.3. The second-order valence-electron chi connectivity index (χ2n) is 7.75. The second kappa shape index (κ2) is 9.20. The minimum absolute atomic E-state index is 0.508. The number of hydrazine groups is 1. The van der Waals surface area contributed by atoms with E-state index < -0.39 is 0 Å². The number of hydrogen-bond acceptors (Lipinski definition) is 4. The van der Waals surface area contributed by atoms with Crippen molar-refractivity contribution >= 4 is 11.5 Å². The molecule has 1 aromatic heterocycles. The number of benzene rings is 1. The molecule has 0 radical (unpaired) electrons. The predicted molar refractivity (Wildman–Crippen MR) is 119 cm³/mol. The van der Waals surface area contributed by atoms with Gasteiger partial charge in [-0.15, -0.1) is 0 Å². The van der Waals surface area contributed by atoms with Gasteiger partial charge in [0.05, 0.1) is 5.69 Å². The Hall–Kier alpha value is -2.40. The highest BCUT2D eigenvalue weighted by atomic mass is 15.5. The van der Waals surface area contributed by atoms with Gasteiger partial charge in [0.15, 0.2) is 0 Å². The number of aliphatic imine (C=N–C) groups is 1. The van der Waals surface area contributed by atoms with E-state index in [1.165, 1.54) is 24.8 Å². The van der Waals surface area contributed by atoms with E-state index >= 15 is 0 Å². The monoisotopic (exact) mass is 379 g/mol. The van der Waals surface area contributed by atoms with Crippen LogP contribution >= 0.6 is 0 Å². The molecule has 2 aromatic rings. The number of nitrogens with two attached hydrogens (primary N) is 1. The van der Waals surface area contributed by atoms with E-state index in [-0.39, 0.29) is 0 Å². The first-order valence-electron chi connectivity index (χ1n) is 10.4. The number of aryl methyl sites for hydroxylation is 2. The molecule has 5 heteroatoms. The van der Waals surface area contributed by atoms with Crippen molar-refractivity contribution in [3.8, 4) is 11.3 Å². The number of aromatic nitrogens is 1. The number of rotatable bonds is 7. The molecule has 3 rings (SSSR count). The third-order valence-corrected chi connectivity index (χ3v) is 5.44. The Morgan fingerprint density at radius 1 is 1.21 bits per heavy atom. The summed E-state index contributed by atoms with van der Waals surface area (Å²) in [6.45, 7) is 11.3. The number of anilines is 1. The second-order valence-corrected chi connectivity index (χ2v) is 7.75. The molecule has 1 unspecified atom stereocenters. The smallest absolute Gasteiger partial charge is 0.144 e. The van der Waals surface area contributed by atoms with Crippen LogP contribution in [0.15, 0.2) is 35.3 Å². The zero-order valence-corrected chi connectivity index (χ0v) is 17.6. The number of pyridine rings is 1. The average molecular weight is 380 g/mol. The van der Waals surface area contributed by atoms with Crippen LogP contribution in [-0.4, -0.2) is 35.5 Å². The van der Waals surface area contributed by atoms with Gasteiger partial charge in [0.2, 0.25) is 0 Å². The number of amidine groups is 1. The van der Waals surface area contributed by atoms with Crippen LogP contribution in [0.1, 0.15) is 49.9 Å². The van der Waals surface area contributed by atoms with Crippen molar-refractivity contribution in [3.05, 3.63) is 47.2 Å². The Morgan fingerprint density at radius 3 is 2.75 bits per heavy atom. The van der Waals surface area contributed by atoms with Crippen molar-refractivity contribution in [2.24, 2.45) is 16.6 Å². The molecule has 0 saturated carbocycles. The van der Waals surface area contributed by atoms with Gasteiger partial charge in [-0.2, -0.15) is 0 Å².